The second-order valence-electron chi connectivity index (χ2n) is 12.0. The number of aliphatic hydroxyl groups excluding tert-OH is 1. The van der Waals surface area contributed by atoms with Gasteiger partial charge in [-0.25, -0.2) is 0 Å². The number of thioether (sulfide) groups is 1. The van der Waals surface area contributed by atoms with Gasteiger partial charge >= 0.3 is 5.97 Å². The topological polar surface area (TPSA) is 87.1 Å². The maximum absolute atomic E-state index is 14.7. The van der Waals surface area contributed by atoms with Crippen molar-refractivity contribution in [1.82, 2.24) is 9.80 Å². The molecule has 2 amide bonds. The predicted molar refractivity (Wildman–Crippen MR) is 163 cm³/mol. The number of nitrogens with zero attached hydrogens (tertiary/aromatic N) is 2. The lowest BCUT2D eigenvalue weighted by Gasteiger charge is -2.41. The number of likely N-dealkylation sites (tertiary alicyclic amines) is 1. The molecule has 3 heterocycles. The van der Waals surface area contributed by atoms with Gasteiger partial charge < -0.3 is 19.6 Å². The molecule has 3 fully saturated rings. The number of ether oxygens (including phenoxy) is 1. The molecule has 3 saturated heterocycles. The summed E-state index contributed by atoms with van der Waals surface area (Å²) in [6.07, 6.45) is 8.50. The van der Waals surface area contributed by atoms with Crippen LogP contribution in [0.15, 0.2) is 55.6 Å². The molecule has 41 heavy (non-hydrogen) atoms. The van der Waals surface area contributed by atoms with Crippen LogP contribution in [-0.4, -0.2) is 80.1 Å². The van der Waals surface area contributed by atoms with Crippen molar-refractivity contribution in [2.45, 2.75) is 93.3 Å². The van der Waals surface area contributed by atoms with Gasteiger partial charge in [-0.05, 0) is 57.9 Å². The van der Waals surface area contributed by atoms with Crippen molar-refractivity contribution in [3.8, 4) is 0 Å². The smallest absolute Gasteiger partial charge is 0.311 e. The van der Waals surface area contributed by atoms with Crippen molar-refractivity contribution in [2.24, 2.45) is 11.8 Å². The largest absolute Gasteiger partial charge is 0.465 e. The Balaban J connectivity index is 1.77. The lowest BCUT2D eigenvalue weighted by Crippen LogP contribution is -2.59. The molecule has 7 atom stereocenters. The van der Waals surface area contributed by atoms with Crippen molar-refractivity contribution in [3.05, 3.63) is 61.2 Å². The number of fused-ring (bicyclic) bond motifs is 1. The maximum Gasteiger partial charge on any atom is 0.311 e. The van der Waals surface area contributed by atoms with E-state index in [1.54, 1.807) is 28.8 Å². The summed E-state index contributed by atoms with van der Waals surface area (Å²) < 4.78 is 4.49. The molecule has 3 aliphatic heterocycles. The Hall–Kier alpha value is -2.58. The summed E-state index contributed by atoms with van der Waals surface area (Å²) in [5.41, 5.74) is 0.976. The quantitative estimate of drug-likeness (QED) is 0.182. The summed E-state index contributed by atoms with van der Waals surface area (Å²) in [6.45, 7) is 14.2. The number of carbonyl (C=O) groups is 3. The molecule has 3 unspecified atom stereocenters. The molecule has 1 aromatic rings. The van der Waals surface area contributed by atoms with Gasteiger partial charge in [0.2, 0.25) is 11.8 Å². The minimum absolute atomic E-state index is 0.0376. The molecule has 1 aromatic carbocycles. The van der Waals surface area contributed by atoms with E-state index in [4.69, 9.17) is 4.74 Å². The van der Waals surface area contributed by atoms with Crippen LogP contribution in [0.5, 0.6) is 0 Å². The van der Waals surface area contributed by atoms with Crippen molar-refractivity contribution < 1.29 is 24.2 Å². The molecular formula is C33H46N2O5S. The molecule has 0 saturated carbocycles. The molecule has 0 aliphatic carbocycles. The molecule has 4 rings (SSSR count). The van der Waals surface area contributed by atoms with Gasteiger partial charge in [0.15, 0.2) is 0 Å². The Morgan fingerprint density at radius 3 is 2.61 bits per heavy atom. The van der Waals surface area contributed by atoms with Crippen LogP contribution in [0.3, 0.4) is 0 Å². The fourth-order valence-corrected chi connectivity index (χ4v) is 9.70. The first-order valence-electron chi connectivity index (χ1n) is 15.0. The third kappa shape index (κ3) is 5.74. The van der Waals surface area contributed by atoms with E-state index >= 15 is 0 Å². The van der Waals surface area contributed by atoms with Gasteiger partial charge in [-0.3, -0.25) is 14.4 Å². The van der Waals surface area contributed by atoms with Crippen molar-refractivity contribution in [1.29, 1.82) is 0 Å². The van der Waals surface area contributed by atoms with Gasteiger partial charge in [-0.1, -0.05) is 55.8 Å². The van der Waals surface area contributed by atoms with E-state index in [2.05, 4.69) is 20.1 Å². The third-order valence-electron chi connectivity index (χ3n) is 9.26. The highest BCUT2D eigenvalue weighted by atomic mass is 32.2. The Labute approximate surface area is 249 Å². The summed E-state index contributed by atoms with van der Waals surface area (Å²) in [7, 11) is 0. The van der Waals surface area contributed by atoms with Crippen molar-refractivity contribution >= 4 is 29.5 Å². The Morgan fingerprint density at radius 1 is 1.24 bits per heavy atom. The Morgan fingerprint density at radius 2 is 1.98 bits per heavy atom. The average Bonchev–Trinajstić information content (AvgIpc) is 3.53. The third-order valence-corrected chi connectivity index (χ3v) is 11.3. The number of benzene rings is 1. The average molecular weight is 583 g/mol. The number of hydrogen-bond donors (Lipinski definition) is 1. The molecule has 1 N–H and O–H groups in total. The SMILES string of the molecule is C=CCCCOC(=O)[C@@H]1[C@H]2C(=O)N([C@@H](CO)Cc3ccccc3)C(C(=O)N(CC=C)C(C)CCC)C23CC[C@@]1(C)S3. The molecule has 0 radical (unpaired) electrons. The standard InChI is InChI=1S/C33H46N2O5S/c1-6-9-13-20-40-31(39)27-26-29(37)35(25(22-36)21-24-15-11-10-12-16-24)28(33(26)18-17-32(27,5)41-33)30(38)34(19-8-3)23(4)14-7-2/h6,8,10-12,15-16,23,25-28,36H,1,3,7,9,13-14,17-22H2,2,4-5H3/t23?,25-,26+,27+,28?,32-,33?/m1/s1. The van der Waals surface area contributed by atoms with Crippen LogP contribution in [0.4, 0.5) is 0 Å². The highest BCUT2D eigenvalue weighted by Crippen LogP contribution is 2.71. The lowest BCUT2D eigenvalue weighted by atomic mass is 9.66. The zero-order valence-corrected chi connectivity index (χ0v) is 25.6. The van der Waals surface area contributed by atoms with E-state index in [-0.39, 0.29) is 37.0 Å². The molecule has 3 aliphatic rings. The van der Waals surface area contributed by atoms with E-state index in [1.165, 1.54) is 0 Å². The minimum atomic E-state index is -0.787. The van der Waals surface area contributed by atoms with Crippen LogP contribution in [0.25, 0.3) is 0 Å². The van der Waals surface area contributed by atoms with E-state index in [9.17, 15) is 19.5 Å². The summed E-state index contributed by atoms with van der Waals surface area (Å²) in [5, 5.41) is 10.7. The van der Waals surface area contributed by atoms with Crippen LogP contribution in [0.1, 0.15) is 64.9 Å². The van der Waals surface area contributed by atoms with Crippen LogP contribution in [-0.2, 0) is 25.5 Å². The fourth-order valence-electron chi connectivity index (χ4n) is 7.38. The van der Waals surface area contributed by atoms with Gasteiger partial charge in [0.05, 0.1) is 35.8 Å². The number of rotatable bonds is 15. The second kappa shape index (κ2) is 13.2. The monoisotopic (exact) mass is 582 g/mol. The number of allylic oxidation sites excluding steroid dienone is 1. The molecule has 0 aromatic heterocycles. The highest BCUT2D eigenvalue weighted by Gasteiger charge is 2.78. The van der Waals surface area contributed by atoms with E-state index in [0.717, 1.165) is 31.2 Å². The maximum atomic E-state index is 14.7. The Bertz CT molecular complexity index is 1130. The molecule has 8 heteroatoms. The van der Waals surface area contributed by atoms with E-state index in [1.807, 2.05) is 49.1 Å². The van der Waals surface area contributed by atoms with Gasteiger partial charge in [-0.2, -0.15) is 0 Å². The summed E-state index contributed by atoms with van der Waals surface area (Å²) in [6, 6.07) is 8.31. The van der Waals surface area contributed by atoms with Crippen molar-refractivity contribution in [2.75, 3.05) is 19.8 Å². The first kappa shape index (κ1) is 31.4. The number of unbranched alkanes of at least 4 members (excludes halogenated alkanes) is 1. The first-order valence-corrected chi connectivity index (χ1v) is 15.9. The number of aliphatic hydroxyl groups is 1. The first-order chi connectivity index (χ1) is 19.7. The second-order valence-corrected chi connectivity index (χ2v) is 13.9. The molecule has 2 bridgehead atoms. The normalized spacial score (nSPS) is 29.6. The van der Waals surface area contributed by atoms with Gasteiger partial charge in [0, 0.05) is 17.3 Å². The molecule has 7 nitrogen and oxygen atoms in total. The zero-order valence-electron chi connectivity index (χ0n) is 24.8. The lowest BCUT2D eigenvalue weighted by molar-refractivity contribution is -0.156. The van der Waals surface area contributed by atoms with Crippen molar-refractivity contribution in [3.63, 3.8) is 0 Å². The summed E-state index contributed by atoms with van der Waals surface area (Å²) in [5.74, 6) is -2.02. The van der Waals surface area contributed by atoms with E-state index in [0.29, 0.717) is 25.8 Å². The molecular weight excluding hydrogens is 536 g/mol. The van der Waals surface area contributed by atoms with Gasteiger partial charge in [-0.15, -0.1) is 24.9 Å². The van der Waals surface area contributed by atoms with Gasteiger partial charge in [0.25, 0.3) is 0 Å². The number of hydrogen-bond acceptors (Lipinski definition) is 6. The van der Waals surface area contributed by atoms with Gasteiger partial charge in [0.1, 0.15) is 6.04 Å². The van der Waals surface area contributed by atoms with Crippen LogP contribution < -0.4 is 0 Å². The highest BCUT2D eigenvalue weighted by molar-refractivity contribution is 8.02. The number of carbonyl (C=O) groups excluding carboxylic acids is 3. The minimum Gasteiger partial charge on any atom is -0.465 e. The number of amides is 2. The fraction of sp³-hybridized carbons (Fsp3) is 0.606. The molecule has 224 valence electrons. The summed E-state index contributed by atoms with van der Waals surface area (Å²) >= 11 is 1.64. The predicted octanol–water partition coefficient (Wildman–Crippen LogP) is 4.78. The summed E-state index contributed by atoms with van der Waals surface area (Å²) in [4.78, 5) is 46.4. The Kier molecular flexibility index (Phi) is 10.1. The van der Waals surface area contributed by atoms with Crippen LogP contribution in [0, 0.1) is 11.8 Å². The van der Waals surface area contributed by atoms with Crippen LogP contribution in [0.2, 0.25) is 0 Å². The van der Waals surface area contributed by atoms with Crippen LogP contribution >= 0.6 is 11.8 Å². The van der Waals surface area contributed by atoms with E-state index < -0.39 is 33.4 Å². The zero-order chi connectivity index (χ0) is 29.8. The number of esters is 1. The molecule has 1 spiro atoms.